The molecule has 9 nitrogen and oxygen atoms in total. The highest BCUT2D eigenvalue weighted by Crippen LogP contribution is 2.46. The molecule has 0 spiro atoms. The number of rotatable bonds is 9. The zero-order chi connectivity index (χ0) is 66.7. The van der Waals surface area contributed by atoms with Gasteiger partial charge in [-0.3, -0.25) is 0 Å². The van der Waals surface area contributed by atoms with Gasteiger partial charge in [0.15, 0.2) is 17.5 Å². The Hall–Kier alpha value is -13.9. The minimum Gasteiger partial charge on any atom is -0.455 e. The lowest BCUT2D eigenvalue weighted by Crippen LogP contribution is -2.02. The van der Waals surface area contributed by atoms with E-state index in [1.54, 1.807) is 0 Å². The minimum atomic E-state index is 0.561. The zero-order valence-corrected chi connectivity index (χ0v) is 54.7. The summed E-state index contributed by atoms with van der Waals surface area (Å²) < 4.78 is 23.4. The van der Waals surface area contributed by atoms with Gasteiger partial charge >= 0.3 is 0 Å². The SMILES string of the molecule is c1ccc(-c2nc(-c3cccc(-n4c5ccccc5c5c6oc7ccc(-c8cccc(-n9c%10ccccc%10c%10ccccc%109)c8)cc7c6ccc54)c3)nc(-c3cccc(-n4c5ccccc5c5c6oc7ccc(-c8cccc(-n9c%10ccccc%10c%10ccccc%109)c8)cc7c6ccc54)c3)n2)cc1. The maximum absolute atomic E-state index is 6.99. The first-order valence-electron chi connectivity index (χ1n) is 34.5. The topological polar surface area (TPSA) is 84.7 Å². The van der Waals surface area contributed by atoms with Crippen LogP contribution < -0.4 is 0 Å². The highest BCUT2D eigenvalue weighted by atomic mass is 16.3. The highest BCUT2D eigenvalue weighted by Gasteiger charge is 2.24. The second-order valence-corrected chi connectivity index (χ2v) is 26.6. The van der Waals surface area contributed by atoms with Crippen LogP contribution in [0.4, 0.5) is 0 Å². The third-order valence-corrected chi connectivity index (χ3v) is 21.0. The molecule has 7 aromatic heterocycles. The molecule has 474 valence electrons. The molecule has 22 rings (SSSR count). The summed E-state index contributed by atoms with van der Waals surface area (Å²) in [5.74, 6) is 1.70. The number of furan rings is 2. The number of aromatic nitrogens is 7. The fourth-order valence-electron chi connectivity index (χ4n) is 16.5. The van der Waals surface area contributed by atoms with E-state index in [2.05, 4.69) is 334 Å². The predicted molar refractivity (Wildman–Crippen MR) is 419 cm³/mol. The molecule has 22 aromatic rings. The van der Waals surface area contributed by atoms with Crippen molar-refractivity contribution in [3.63, 3.8) is 0 Å². The molecular formula is C93H55N7O2. The van der Waals surface area contributed by atoms with Crippen molar-refractivity contribution < 1.29 is 8.83 Å². The molecule has 0 aliphatic heterocycles. The maximum Gasteiger partial charge on any atom is 0.164 e. The van der Waals surface area contributed by atoms with Crippen molar-refractivity contribution in [2.75, 3.05) is 0 Å². The standard InChI is InChI=1S/C93H55N7O2/c1-2-20-56(21-3-1)91-94-92(61-24-18-28-65(52-61)99-81-40-14-8-34-73(81)87-83(99)46-44-71-75-54-59(42-48-85(75)101-89(71)87)57-22-16-26-63(50-57)97-77-36-10-4-30-67(77)68-31-5-11-37-78(68)97)96-93(95-91)62-25-19-29-66(53-62)100-82-41-15-9-35-74(82)88-84(100)47-45-72-76-55-60(43-49-86(76)102-90(72)88)58-23-17-27-64(51-58)98-79-38-12-6-32-69(79)70-33-7-13-39-80(70)98/h1-55H. The van der Waals surface area contributed by atoms with Gasteiger partial charge in [0.05, 0.1) is 54.9 Å². The molecule has 0 amide bonds. The lowest BCUT2D eigenvalue weighted by atomic mass is 10.0. The van der Waals surface area contributed by atoms with Gasteiger partial charge in [-0.2, -0.15) is 0 Å². The van der Waals surface area contributed by atoms with Crippen LogP contribution in [0.25, 0.3) is 210 Å². The summed E-state index contributed by atoms with van der Waals surface area (Å²) in [6.45, 7) is 0. The summed E-state index contributed by atoms with van der Waals surface area (Å²) in [6, 6.07) is 119. The Morgan fingerprint density at radius 3 is 0.873 bits per heavy atom. The molecule has 0 fully saturated rings. The van der Waals surface area contributed by atoms with E-state index in [4.69, 9.17) is 23.8 Å². The van der Waals surface area contributed by atoms with Gasteiger partial charge in [0, 0.05) is 93.3 Å². The molecule has 0 aliphatic rings. The molecule has 0 unspecified atom stereocenters. The van der Waals surface area contributed by atoms with E-state index in [1.807, 2.05) is 18.2 Å². The normalized spacial score (nSPS) is 12.1. The van der Waals surface area contributed by atoms with Gasteiger partial charge in [-0.05, 0) is 156 Å². The Balaban J connectivity index is 0.629. The minimum absolute atomic E-state index is 0.561. The van der Waals surface area contributed by atoms with Crippen LogP contribution in [0, 0.1) is 0 Å². The monoisotopic (exact) mass is 1300 g/mol. The van der Waals surface area contributed by atoms with E-state index in [0.717, 1.165) is 149 Å². The molecule has 9 heteroatoms. The molecule has 0 saturated carbocycles. The van der Waals surface area contributed by atoms with Crippen molar-refractivity contribution in [2.45, 2.75) is 0 Å². The van der Waals surface area contributed by atoms with E-state index in [1.165, 1.54) is 43.6 Å². The smallest absolute Gasteiger partial charge is 0.164 e. The van der Waals surface area contributed by atoms with Crippen molar-refractivity contribution >= 4 is 131 Å². The molecular weight excluding hydrogens is 1250 g/mol. The quantitative estimate of drug-likeness (QED) is 0.144. The van der Waals surface area contributed by atoms with Gasteiger partial charge in [-0.25, -0.2) is 15.0 Å². The second kappa shape index (κ2) is 21.8. The third-order valence-electron chi connectivity index (χ3n) is 21.0. The molecule has 7 heterocycles. The lowest BCUT2D eigenvalue weighted by molar-refractivity contribution is 0.672. The fourth-order valence-corrected chi connectivity index (χ4v) is 16.5. The van der Waals surface area contributed by atoms with Gasteiger partial charge in [0.1, 0.15) is 22.3 Å². The number of benzene rings is 15. The van der Waals surface area contributed by atoms with Crippen molar-refractivity contribution in [3.8, 4) is 79.2 Å². The van der Waals surface area contributed by atoms with E-state index < -0.39 is 0 Å². The molecule has 0 bridgehead atoms. The van der Waals surface area contributed by atoms with E-state index in [-0.39, 0.29) is 0 Å². The van der Waals surface area contributed by atoms with E-state index >= 15 is 0 Å². The van der Waals surface area contributed by atoms with Crippen LogP contribution in [0.2, 0.25) is 0 Å². The van der Waals surface area contributed by atoms with E-state index in [0.29, 0.717) is 17.5 Å². The third kappa shape index (κ3) is 8.42. The first-order valence-corrected chi connectivity index (χ1v) is 34.5. The van der Waals surface area contributed by atoms with Crippen LogP contribution in [0.15, 0.2) is 342 Å². The van der Waals surface area contributed by atoms with Crippen molar-refractivity contribution in [2.24, 2.45) is 0 Å². The molecule has 0 atom stereocenters. The van der Waals surface area contributed by atoms with Gasteiger partial charge in [0.25, 0.3) is 0 Å². The summed E-state index contributed by atoms with van der Waals surface area (Å²) in [7, 11) is 0. The van der Waals surface area contributed by atoms with Crippen LogP contribution in [-0.4, -0.2) is 33.2 Å². The fraction of sp³-hybridized carbons (Fsp3) is 0. The molecule has 0 saturated heterocycles. The number of fused-ring (bicyclic) bond motifs is 20. The lowest BCUT2D eigenvalue weighted by Gasteiger charge is -2.13. The Kier molecular flexibility index (Phi) is 12.0. The summed E-state index contributed by atoms with van der Waals surface area (Å²) in [4.78, 5) is 15.9. The Bertz CT molecular complexity index is 6760. The summed E-state index contributed by atoms with van der Waals surface area (Å²) in [5.41, 5.74) is 23.6. The highest BCUT2D eigenvalue weighted by molar-refractivity contribution is 6.26. The zero-order valence-electron chi connectivity index (χ0n) is 54.7. The molecule has 0 N–H and O–H groups in total. The predicted octanol–water partition coefficient (Wildman–Crippen LogP) is 24.4. The summed E-state index contributed by atoms with van der Waals surface area (Å²) >= 11 is 0. The van der Waals surface area contributed by atoms with Crippen molar-refractivity contribution in [3.05, 3.63) is 334 Å². The molecule has 15 aromatic carbocycles. The largest absolute Gasteiger partial charge is 0.455 e. The molecule has 0 radical (unpaired) electrons. The first kappa shape index (κ1) is 56.2. The summed E-state index contributed by atoms with van der Waals surface area (Å²) in [6.07, 6.45) is 0. The number of hydrogen-bond acceptors (Lipinski definition) is 5. The number of nitrogens with zero attached hydrogens (tertiary/aromatic N) is 7. The second-order valence-electron chi connectivity index (χ2n) is 26.6. The summed E-state index contributed by atoms with van der Waals surface area (Å²) in [5, 5.41) is 13.6. The Labute approximate surface area is 582 Å². The van der Waals surface area contributed by atoms with Gasteiger partial charge < -0.3 is 27.1 Å². The van der Waals surface area contributed by atoms with Crippen LogP contribution >= 0.6 is 0 Å². The van der Waals surface area contributed by atoms with Crippen LogP contribution in [0.3, 0.4) is 0 Å². The van der Waals surface area contributed by atoms with Gasteiger partial charge in [0.2, 0.25) is 0 Å². The van der Waals surface area contributed by atoms with Crippen molar-refractivity contribution in [1.82, 2.24) is 33.2 Å². The van der Waals surface area contributed by atoms with Crippen LogP contribution in [-0.2, 0) is 0 Å². The average molecular weight is 1300 g/mol. The van der Waals surface area contributed by atoms with Gasteiger partial charge in [-0.15, -0.1) is 0 Å². The molecule has 102 heavy (non-hydrogen) atoms. The Morgan fingerprint density at radius 2 is 0.480 bits per heavy atom. The van der Waals surface area contributed by atoms with Crippen molar-refractivity contribution in [1.29, 1.82) is 0 Å². The van der Waals surface area contributed by atoms with Gasteiger partial charge in [-0.1, -0.05) is 200 Å². The molecule has 0 aliphatic carbocycles. The number of para-hydroxylation sites is 6. The Morgan fingerprint density at radius 1 is 0.186 bits per heavy atom. The maximum atomic E-state index is 6.99. The van der Waals surface area contributed by atoms with Crippen LogP contribution in [0.1, 0.15) is 0 Å². The first-order chi connectivity index (χ1) is 50.6. The van der Waals surface area contributed by atoms with Crippen LogP contribution in [0.5, 0.6) is 0 Å². The van der Waals surface area contributed by atoms with E-state index in [9.17, 15) is 0 Å². The average Bonchev–Trinajstić information content (AvgIpc) is 1.57. The number of hydrogen-bond donors (Lipinski definition) is 0.